The molecule has 0 saturated carbocycles. The summed E-state index contributed by atoms with van der Waals surface area (Å²) >= 11 is 6.24. The molecule has 1 amide bonds. The van der Waals surface area contributed by atoms with Gasteiger partial charge in [0.15, 0.2) is 0 Å². The number of pyridine rings is 3. The molecule has 1 N–H and O–H groups in total. The highest BCUT2D eigenvalue weighted by atomic mass is 35.5. The molecule has 1 aliphatic rings. The lowest BCUT2D eigenvalue weighted by molar-refractivity contribution is -0.114. The van der Waals surface area contributed by atoms with Gasteiger partial charge in [0.1, 0.15) is 23.0 Å². The molecule has 4 aromatic rings. The molecule has 0 bridgehead atoms. The fourth-order valence-corrected chi connectivity index (χ4v) is 5.28. The largest absolute Gasteiger partial charge is 0.474 e. The van der Waals surface area contributed by atoms with E-state index in [4.69, 9.17) is 21.1 Å². The van der Waals surface area contributed by atoms with Crippen molar-refractivity contribution in [2.45, 2.75) is 39.7 Å². The molecule has 1 atom stereocenters. The number of hydrogen-bond donors (Lipinski definition) is 1. The number of hydrogen-bond acceptors (Lipinski definition) is 8. The molecule has 0 spiro atoms. The Morgan fingerprint density at radius 2 is 2.02 bits per heavy atom. The summed E-state index contributed by atoms with van der Waals surface area (Å²) in [4.78, 5) is 48.6. The van der Waals surface area contributed by atoms with E-state index < -0.39 is 11.4 Å². The van der Waals surface area contributed by atoms with Crippen LogP contribution in [0.4, 0.5) is 11.5 Å². The van der Waals surface area contributed by atoms with Crippen LogP contribution in [0.3, 0.4) is 0 Å². The molecule has 5 rings (SSSR count). The zero-order valence-electron chi connectivity index (χ0n) is 23.0. The van der Waals surface area contributed by atoms with E-state index in [2.05, 4.69) is 20.2 Å². The molecule has 11 heteroatoms. The van der Waals surface area contributed by atoms with Crippen LogP contribution in [0.1, 0.15) is 42.6 Å². The third-order valence-corrected chi connectivity index (χ3v) is 7.26. The predicted octanol–water partition coefficient (Wildman–Crippen LogP) is 4.93. The second-order valence-electron chi connectivity index (χ2n) is 9.79. The third kappa shape index (κ3) is 5.88. The summed E-state index contributed by atoms with van der Waals surface area (Å²) in [7, 11) is 0. The van der Waals surface area contributed by atoms with Gasteiger partial charge in [0.25, 0.3) is 0 Å². The summed E-state index contributed by atoms with van der Waals surface area (Å²) in [5.41, 5.74) is 2.59. The number of fused-ring (bicyclic) bond motifs is 1. The topological polar surface area (TPSA) is 116 Å². The van der Waals surface area contributed by atoms with E-state index in [0.29, 0.717) is 39.9 Å². The van der Waals surface area contributed by atoms with Crippen LogP contribution >= 0.6 is 11.6 Å². The van der Waals surface area contributed by atoms with Crippen LogP contribution in [0.15, 0.2) is 59.8 Å². The maximum Gasteiger partial charge on any atom is 0.343 e. The number of aryl methyl sites for hydroxylation is 1. The van der Waals surface area contributed by atoms with Gasteiger partial charge in [0.05, 0.1) is 30.0 Å². The minimum absolute atomic E-state index is 0.0711. The fraction of sp³-hybridized carbons (Fsp3) is 0.300. The fourth-order valence-electron chi connectivity index (χ4n) is 5.11. The van der Waals surface area contributed by atoms with Gasteiger partial charge in [-0.1, -0.05) is 11.6 Å². The summed E-state index contributed by atoms with van der Waals surface area (Å²) in [6, 6.07) is 10.8. The van der Waals surface area contributed by atoms with E-state index in [9.17, 15) is 14.4 Å². The van der Waals surface area contributed by atoms with Crippen molar-refractivity contribution in [1.82, 2.24) is 14.5 Å². The first-order chi connectivity index (χ1) is 19.8. The highest BCUT2D eigenvalue weighted by molar-refractivity contribution is 6.31. The Morgan fingerprint density at radius 3 is 2.73 bits per heavy atom. The molecule has 0 unspecified atom stereocenters. The molecule has 0 aliphatic carbocycles. The first-order valence-electron chi connectivity index (χ1n) is 13.4. The first-order valence-corrected chi connectivity index (χ1v) is 13.8. The minimum atomic E-state index is -0.692. The Hall–Kier alpha value is -4.44. The van der Waals surface area contributed by atoms with Crippen molar-refractivity contribution in [3.05, 3.63) is 81.4 Å². The van der Waals surface area contributed by atoms with Gasteiger partial charge in [-0.25, -0.2) is 14.8 Å². The van der Waals surface area contributed by atoms with Crippen molar-refractivity contribution in [2.75, 3.05) is 30.0 Å². The number of amides is 1. The summed E-state index contributed by atoms with van der Waals surface area (Å²) in [5.74, 6) is -0.144. The number of rotatable bonds is 8. The average Bonchev–Trinajstić information content (AvgIpc) is 3.41. The Kier molecular flexibility index (Phi) is 8.21. The van der Waals surface area contributed by atoms with Gasteiger partial charge in [-0.3, -0.25) is 9.59 Å². The predicted molar refractivity (Wildman–Crippen MR) is 157 cm³/mol. The second-order valence-corrected chi connectivity index (χ2v) is 10.2. The molecule has 1 aliphatic heterocycles. The molecule has 41 heavy (non-hydrogen) atoms. The van der Waals surface area contributed by atoms with Crippen molar-refractivity contribution in [2.24, 2.45) is 0 Å². The second kappa shape index (κ2) is 12.0. The Morgan fingerprint density at radius 1 is 1.20 bits per heavy atom. The summed E-state index contributed by atoms with van der Waals surface area (Å²) < 4.78 is 12.9. The normalized spacial score (nSPS) is 14.7. The van der Waals surface area contributed by atoms with Crippen molar-refractivity contribution in [3.8, 4) is 11.6 Å². The lowest BCUT2D eigenvalue weighted by Crippen LogP contribution is -2.35. The standard InChI is InChI=1S/C30H30ClN5O5/c1-4-40-30(39)23-16-36(20-9-10-27(33-15-20)34-19(3)37)26-14-25(18(2)13-22(26)28(23)38)35-12-6-7-21(35)17-41-29-24(31)8-5-11-32-29/h5,8-11,13-16,21H,4,6-7,12,17H2,1-3H3,(H,33,34,37)/t21-/m1/s1. The van der Waals surface area contributed by atoms with E-state index in [-0.39, 0.29) is 24.1 Å². The lowest BCUT2D eigenvalue weighted by Gasteiger charge is -2.29. The Labute approximate surface area is 241 Å². The number of aromatic nitrogens is 3. The number of esters is 1. The van der Waals surface area contributed by atoms with Crippen molar-refractivity contribution in [3.63, 3.8) is 0 Å². The molecule has 10 nitrogen and oxygen atoms in total. The smallest absolute Gasteiger partial charge is 0.343 e. The SMILES string of the molecule is CCOC(=O)c1cn(-c2ccc(NC(C)=O)nc2)c2cc(N3CCC[C@@H]3COc3ncccc3Cl)c(C)cc2c1=O. The number of benzene rings is 1. The molecule has 1 saturated heterocycles. The van der Waals surface area contributed by atoms with Crippen LogP contribution in [0, 0.1) is 6.92 Å². The van der Waals surface area contributed by atoms with Crippen molar-refractivity contribution < 1.29 is 19.1 Å². The number of nitrogens with zero attached hydrogens (tertiary/aromatic N) is 4. The summed E-state index contributed by atoms with van der Waals surface area (Å²) in [5, 5.41) is 3.49. The van der Waals surface area contributed by atoms with Gasteiger partial charge in [0, 0.05) is 36.9 Å². The van der Waals surface area contributed by atoms with Gasteiger partial charge >= 0.3 is 5.97 Å². The van der Waals surface area contributed by atoms with Crippen LogP contribution in [0.25, 0.3) is 16.6 Å². The first kappa shape index (κ1) is 28.1. The Balaban J connectivity index is 1.59. The van der Waals surface area contributed by atoms with Crippen LogP contribution < -0.4 is 20.4 Å². The summed E-state index contributed by atoms with van der Waals surface area (Å²) in [6.45, 7) is 6.40. The van der Waals surface area contributed by atoms with E-state index in [1.165, 1.54) is 13.1 Å². The van der Waals surface area contributed by atoms with E-state index >= 15 is 0 Å². The number of anilines is 2. The van der Waals surface area contributed by atoms with E-state index in [0.717, 1.165) is 30.6 Å². The zero-order valence-corrected chi connectivity index (χ0v) is 23.8. The molecular formula is C30H30ClN5O5. The molecule has 212 valence electrons. The quantitative estimate of drug-likeness (QED) is 0.294. The maximum absolute atomic E-state index is 13.5. The highest BCUT2D eigenvalue weighted by Gasteiger charge is 2.28. The molecule has 4 heterocycles. The van der Waals surface area contributed by atoms with Crippen LogP contribution in [-0.4, -0.2) is 52.2 Å². The number of nitrogens with one attached hydrogen (secondary N) is 1. The highest BCUT2D eigenvalue weighted by Crippen LogP contribution is 2.33. The van der Waals surface area contributed by atoms with Gasteiger partial charge < -0.3 is 24.3 Å². The summed E-state index contributed by atoms with van der Waals surface area (Å²) in [6.07, 6.45) is 6.61. The van der Waals surface area contributed by atoms with Gasteiger partial charge in [-0.2, -0.15) is 0 Å². The minimum Gasteiger partial charge on any atom is -0.474 e. The van der Waals surface area contributed by atoms with Crippen LogP contribution in [0.5, 0.6) is 5.88 Å². The number of ether oxygens (including phenoxy) is 2. The molecular weight excluding hydrogens is 546 g/mol. The van der Waals surface area contributed by atoms with Crippen molar-refractivity contribution >= 4 is 45.9 Å². The zero-order chi connectivity index (χ0) is 29.1. The maximum atomic E-state index is 13.5. The monoisotopic (exact) mass is 575 g/mol. The van der Waals surface area contributed by atoms with Crippen LogP contribution in [-0.2, 0) is 9.53 Å². The molecule has 1 aromatic carbocycles. The molecule has 1 fully saturated rings. The average molecular weight is 576 g/mol. The lowest BCUT2D eigenvalue weighted by atomic mass is 10.0. The van der Waals surface area contributed by atoms with Gasteiger partial charge in [0.2, 0.25) is 17.2 Å². The molecule has 0 radical (unpaired) electrons. The van der Waals surface area contributed by atoms with E-state index in [1.54, 1.807) is 48.1 Å². The molecule has 3 aromatic heterocycles. The number of carbonyl (C=O) groups is 2. The Bertz CT molecular complexity index is 1670. The third-order valence-electron chi connectivity index (χ3n) is 6.97. The van der Waals surface area contributed by atoms with Crippen molar-refractivity contribution in [1.29, 1.82) is 0 Å². The van der Waals surface area contributed by atoms with Crippen LogP contribution in [0.2, 0.25) is 5.02 Å². The number of carbonyl (C=O) groups excluding carboxylic acids is 2. The van der Waals surface area contributed by atoms with E-state index in [1.807, 2.05) is 19.1 Å². The number of halogens is 1. The van der Waals surface area contributed by atoms with Gasteiger partial charge in [-0.05, 0) is 68.7 Å². The van der Waals surface area contributed by atoms with Gasteiger partial charge in [-0.15, -0.1) is 0 Å².